The maximum absolute atomic E-state index is 12.9. The number of benzene rings is 1. The van der Waals surface area contributed by atoms with Gasteiger partial charge in [0.2, 0.25) is 0 Å². The molecular formula is C24H32O4. The summed E-state index contributed by atoms with van der Waals surface area (Å²) in [5, 5.41) is 0. The molecule has 2 aliphatic carbocycles. The Bertz CT molecular complexity index is 837. The van der Waals surface area contributed by atoms with Crippen LogP contribution < -0.4 is 0 Å². The average Bonchev–Trinajstić information content (AvgIpc) is 2.59. The number of carbonyl (C=O) groups excluding carboxylic acids is 3. The first-order chi connectivity index (χ1) is 13.0. The summed E-state index contributed by atoms with van der Waals surface area (Å²) < 4.78 is 5.06. The van der Waals surface area contributed by atoms with Gasteiger partial charge in [-0.1, -0.05) is 33.3 Å². The van der Waals surface area contributed by atoms with Gasteiger partial charge in [0.05, 0.1) is 5.41 Å². The van der Waals surface area contributed by atoms with Crippen LogP contribution in [0.25, 0.3) is 0 Å². The van der Waals surface area contributed by atoms with E-state index in [4.69, 9.17) is 4.74 Å². The van der Waals surface area contributed by atoms with Crippen molar-refractivity contribution in [3.05, 3.63) is 34.4 Å². The predicted molar refractivity (Wildman–Crippen MR) is 108 cm³/mol. The van der Waals surface area contributed by atoms with E-state index in [2.05, 4.69) is 32.9 Å². The smallest absolute Gasteiger partial charge is 0.319 e. The molecule has 28 heavy (non-hydrogen) atoms. The van der Waals surface area contributed by atoms with Crippen molar-refractivity contribution in [1.29, 1.82) is 0 Å². The lowest BCUT2D eigenvalue weighted by Crippen LogP contribution is -2.53. The molecule has 1 saturated carbocycles. The summed E-state index contributed by atoms with van der Waals surface area (Å²) in [6, 6.07) is 4.32. The quantitative estimate of drug-likeness (QED) is 0.413. The third kappa shape index (κ3) is 3.21. The Hall–Kier alpha value is -1.97. The van der Waals surface area contributed by atoms with Crippen molar-refractivity contribution >= 4 is 17.7 Å². The molecular weight excluding hydrogens is 352 g/mol. The molecule has 0 radical (unpaired) electrons. The first kappa shape index (κ1) is 20.8. The van der Waals surface area contributed by atoms with Gasteiger partial charge in [0, 0.05) is 12.5 Å². The number of rotatable bonds is 3. The molecule has 0 heterocycles. The number of hydrogen-bond donors (Lipinski definition) is 0. The van der Waals surface area contributed by atoms with E-state index >= 15 is 0 Å². The zero-order chi connectivity index (χ0) is 20.9. The molecule has 1 fully saturated rings. The molecule has 3 unspecified atom stereocenters. The number of carbonyl (C=O) groups is 3. The first-order valence-corrected chi connectivity index (χ1v) is 10.4. The van der Waals surface area contributed by atoms with E-state index in [1.165, 1.54) is 18.1 Å². The van der Waals surface area contributed by atoms with Crippen molar-refractivity contribution in [2.45, 2.75) is 85.0 Å². The first-order valence-electron chi connectivity index (χ1n) is 10.4. The Labute approximate surface area is 168 Å². The van der Waals surface area contributed by atoms with Crippen molar-refractivity contribution < 1.29 is 19.1 Å². The summed E-state index contributed by atoms with van der Waals surface area (Å²) in [6.07, 6.45) is 4.39. The minimum Gasteiger partial charge on any atom is -0.393 e. The summed E-state index contributed by atoms with van der Waals surface area (Å²) in [7, 11) is 0. The van der Waals surface area contributed by atoms with Gasteiger partial charge in [-0.15, -0.1) is 0 Å². The lowest BCUT2D eigenvalue weighted by atomic mass is 9.49. The standard InChI is InChI=1S/C24H32O4/c1-14(2)18-12-17-8-9-21-23(5,20(17)13-19(18)15(3)25)10-7-11-24(21,6)22(27)28-16(4)26/h12-14,21H,7-11H2,1-6H3. The monoisotopic (exact) mass is 384 g/mol. The topological polar surface area (TPSA) is 60.4 Å². The van der Waals surface area contributed by atoms with Gasteiger partial charge in [-0.3, -0.25) is 14.4 Å². The second kappa shape index (κ2) is 7.13. The fraction of sp³-hybridized carbons (Fsp3) is 0.625. The molecule has 1 aromatic rings. The van der Waals surface area contributed by atoms with Crippen LogP contribution in [0, 0.1) is 11.3 Å². The summed E-state index contributed by atoms with van der Waals surface area (Å²) in [5.74, 6) is -0.471. The summed E-state index contributed by atoms with van der Waals surface area (Å²) in [4.78, 5) is 36.6. The molecule has 4 nitrogen and oxygen atoms in total. The van der Waals surface area contributed by atoms with Crippen LogP contribution in [-0.4, -0.2) is 17.7 Å². The van der Waals surface area contributed by atoms with E-state index < -0.39 is 17.4 Å². The van der Waals surface area contributed by atoms with Crippen LogP contribution in [0.3, 0.4) is 0 Å². The largest absolute Gasteiger partial charge is 0.393 e. The molecule has 2 aliphatic rings. The molecule has 4 heteroatoms. The summed E-state index contributed by atoms with van der Waals surface area (Å²) in [6.45, 7) is 11.3. The van der Waals surface area contributed by atoms with Gasteiger partial charge in [0.25, 0.3) is 0 Å². The highest BCUT2D eigenvalue weighted by atomic mass is 16.6. The van der Waals surface area contributed by atoms with Crippen molar-refractivity contribution in [3.8, 4) is 0 Å². The molecule has 0 bridgehead atoms. The number of hydrogen-bond acceptors (Lipinski definition) is 4. The van der Waals surface area contributed by atoms with E-state index in [0.717, 1.165) is 43.2 Å². The van der Waals surface area contributed by atoms with Crippen molar-refractivity contribution in [3.63, 3.8) is 0 Å². The Kier molecular flexibility index (Phi) is 5.28. The molecule has 0 aromatic heterocycles. The van der Waals surface area contributed by atoms with Crippen LogP contribution in [-0.2, 0) is 26.2 Å². The zero-order valence-corrected chi connectivity index (χ0v) is 18.0. The number of aryl methyl sites for hydroxylation is 1. The van der Waals surface area contributed by atoms with Gasteiger partial charge < -0.3 is 4.74 Å². The van der Waals surface area contributed by atoms with Gasteiger partial charge in [-0.2, -0.15) is 0 Å². The van der Waals surface area contributed by atoms with Crippen LogP contribution in [0.15, 0.2) is 12.1 Å². The number of esters is 2. The van der Waals surface area contributed by atoms with Gasteiger partial charge in [-0.25, -0.2) is 0 Å². The molecule has 0 amide bonds. The SMILES string of the molecule is CC(=O)OC(=O)C1(C)CCCC2(C)c3cc(C(C)=O)c(C(C)C)cc3CCC12. The van der Waals surface area contributed by atoms with E-state index in [0.29, 0.717) is 0 Å². The van der Waals surface area contributed by atoms with Crippen molar-refractivity contribution in [2.75, 3.05) is 0 Å². The highest BCUT2D eigenvalue weighted by Crippen LogP contribution is 2.58. The molecule has 0 saturated heterocycles. The second-order valence-electron chi connectivity index (χ2n) is 9.47. The number of ether oxygens (including phenoxy) is 1. The summed E-state index contributed by atoms with van der Waals surface area (Å²) >= 11 is 0. The van der Waals surface area contributed by atoms with Crippen LogP contribution >= 0.6 is 0 Å². The van der Waals surface area contributed by atoms with E-state index in [-0.39, 0.29) is 23.0 Å². The number of fused-ring (bicyclic) bond motifs is 3. The van der Waals surface area contributed by atoms with E-state index in [9.17, 15) is 14.4 Å². The van der Waals surface area contributed by atoms with Crippen LogP contribution in [0.2, 0.25) is 0 Å². The van der Waals surface area contributed by atoms with E-state index in [1.54, 1.807) is 6.92 Å². The minimum atomic E-state index is -0.677. The maximum atomic E-state index is 12.9. The Balaban J connectivity index is 2.12. The number of ketones is 1. The molecule has 3 atom stereocenters. The zero-order valence-electron chi connectivity index (χ0n) is 18.0. The second-order valence-corrected chi connectivity index (χ2v) is 9.47. The Morgan fingerprint density at radius 2 is 1.79 bits per heavy atom. The molecule has 3 rings (SSSR count). The third-order valence-corrected chi connectivity index (χ3v) is 7.23. The highest BCUT2D eigenvalue weighted by molar-refractivity contribution is 5.96. The minimum absolute atomic E-state index is 0.0896. The van der Waals surface area contributed by atoms with Gasteiger partial charge >= 0.3 is 11.9 Å². The molecule has 1 aromatic carbocycles. The normalized spacial score (nSPS) is 29.0. The van der Waals surface area contributed by atoms with Crippen LogP contribution in [0.5, 0.6) is 0 Å². The Morgan fingerprint density at radius 3 is 2.36 bits per heavy atom. The average molecular weight is 385 g/mol. The molecule has 152 valence electrons. The fourth-order valence-corrected chi connectivity index (χ4v) is 5.81. The van der Waals surface area contributed by atoms with Crippen LogP contribution in [0.1, 0.15) is 100 Å². The predicted octanol–water partition coefficient (Wildman–Crippen LogP) is 5.11. The van der Waals surface area contributed by atoms with Gasteiger partial charge in [0.1, 0.15) is 0 Å². The number of Topliss-reactive ketones (excluding diaryl/α,β-unsaturated/α-hetero) is 1. The van der Waals surface area contributed by atoms with Crippen molar-refractivity contribution in [2.24, 2.45) is 11.3 Å². The van der Waals surface area contributed by atoms with Gasteiger partial charge in [0.15, 0.2) is 5.78 Å². The lowest BCUT2D eigenvalue weighted by molar-refractivity contribution is -0.172. The fourth-order valence-electron chi connectivity index (χ4n) is 5.81. The highest BCUT2D eigenvalue weighted by Gasteiger charge is 2.56. The lowest BCUT2D eigenvalue weighted by Gasteiger charge is -2.54. The van der Waals surface area contributed by atoms with Crippen molar-refractivity contribution in [1.82, 2.24) is 0 Å². The molecule has 0 N–H and O–H groups in total. The summed E-state index contributed by atoms with van der Waals surface area (Å²) in [5.41, 5.74) is 3.55. The van der Waals surface area contributed by atoms with Crippen LogP contribution in [0.4, 0.5) is 0 Å². The Morgan fingerprint density at radius 1 is 1.11 bits per heavy atom. The third-order valence-electron chi connectivity index (χ3n) is 7.23. The van der Waals surface area contributed by atoms with Gasteiger partial charge in [-0.05, 0) is 79.5 Å². The maximum Gasteiger partial charge on any atom is 0.319 e. The molecule has 0 aliphatic heterocycles. The molecule has 0 spiro atoms. The van der Waals surface area contributed by atoms with E-state index in [1.807, 2.05) is 6.92 Å².